The molecule has 122 valence electrons. The third kappa shape index (κ3) is 2.94. The molecule has 1 atom stereocenters. The van der Waals surface area contributed by atoms with Crippen molar-refractivity contribution in [2.75, 3.05) is 13.4 Å². The number of hydrogen-bond acceptors (Lipinski definition) is 5. The zero-order chi connectivity index (χ0) is 16.6. The normalized spacial score (nSPS) is 19.3. The molecule has 0 radical (unpaired) electrons. The minimum absolute atomic E-state index is 0.146. The highest BCUT2D eigenvalue weighted by atomic mass is 35.5. The molecule has 2 N–H and O–H groups in total. The van der Waals surface area contributed by atoms with Crippen molar-refractivity contribution in [1.82, 2.24) is 10.6 Å². The number of fused-ring (bicyclic) bond motifs is 1. The summed E-state index contributed by atoms with van der Waals surface area (Å²) in [5, 5.41) is 6.87. The molecule has 8 heteroatoms. The van der Waals surface area contributed by atoms with Gasteiger partial charge >= 0.3 is 5.97 Å². The van der Waals surface area contributed by atoms with E-state index in [0.717, 1.165) is 0 Å². The maximum absolute atomic E-state index is 12.3. The Morgan fingerprint density at radius 2 is 2.13 bits per heavy atom. The van der Waals surface area contributed by atoms with Crippen LogP contribution in [0.25, 0.3) is 0 Å². The SMILES string of the molecule is CCOC(=O)C1=C(C)NC(=S)N[C@@H]1c1cc2c(cc1Cl)OCO2. The van der Waals surface area contributed by atoms with Crippen LogP contribution in [0.3, 0.4) is 0 Å². The second-order valence-corrected chi connectivity index (χ2v) is 5.83. The number of halogens is 1. The summed E-state index contributed by atoms with van der Waals surface area (Å²) in [5.74, 6) is 0.733. The molecule has 0 bridgehead atoms. The minimum atomic E-state index is -0.523. The van der Waals surface area contributed by atoms with Gasteiger partial charge in [0.25, 0.3) is 0 Å². The molecule has 23 heavy (non-hydrogen) atoms. The molecule has 2 heterocycles. The zero-order valence-corrected chi connectivity index (χ0v) is 14.1. The van der Waals surface area contributed by atoms with Crippen LogP contribution in [0.15, 0.2) is 23.4 Å². The summed E-state index contributed by atoms with van der Waals surface area (Å²) in [6.45, 7) is 3.95. The fraction of sp³-hybridized carbons (Fsp3) is 0.333. The van der Waals surface area contributed by atoms with E-state index < -0.39 is 12.0 Å². The van der Waals surface area contributed by atoms with Crippen LogP contribution < -0.4 is 20.1 Å². The van der Waals surface area contributed by atoms with Crippen molar-refractivity contribution in [2.45, 2.75) is 19.9 Å². The predicted octanol–water partition coefficient (Wildman–Crippen LogP) is 2.42. The number of thiocarbonyl (C=S) groups is 1. The summed E-state index contributed by atoms with van der Waals surface area (Å²) in [5.41, 5.74) is 1.73. The van der Waals surface area contributed by atoms with Crippen molar-refractivity contribution in [2.24, 2.45) is 0 Å². The largest absolute Gasteiger partial charge is 0.463 e. The lowest BCUT2D eigenvalue weighted by molar-refractivity contribution is -0.139. The summed E-state index contributed by atoms with van der Waals surface area (Å²) >= 11 is 11.6. The Morgan fingerprint density at radius 1 is 1.43 bits per heavy atom. The standard InChI is InChI=1S/C15H15ClN2O4S/c1-3-20-14(19)12-7(2)17-15(23)18-13(12)8-4-10-11(5-9(8)16)22-6-21-10/h4-5,13H,3,6H2,1-2H3,(H2,17,18,23)/t13-/m1/s1. The van der Waals surface area contributed by atoms with Crippen molar-refractivity contribution in [1.29, 1.82) is 0 Å². The Labute approximate surface area is 143 Å². The van der Waals surface area contributed by atoms with Crippen LogP contribution in [0.4, 0.5) is 0 Å². The van der Waals surface area contributed by atoms with Gasteiger partial charge in [-0.3, -0.25) is 0 Å². The van der Waals surface area contributed by atoms with Gasteiger partial charge < -0.3 is 24.8 Å². The number of ether oxygens (including phenoxy) is 3. The number of benzene rings is 1. The van der Waals surface area contributed by atoms with Gasteiger partial charge in [0.15, 0.2) is 16.6 Å². The van der Waals surface area contributed by atoms with Crippen molar-refractivity contribution in [3.05, 3.63) is 34.0 Å². The van der Waals surface area contributed by atoms with E-state index in [1.54, 1.807) is 26.0 Å². The Bertz CT molecular complexity index is 720. The van der Waals surface area contributed by atoms with Crippen LogP contribution in [-0.2, 0) is 9.53 Å². The molecule has 0 saturated carbocycles. The van der Waals surface area contributed by atoms with Gasteiger partial charge in [-0.2, -0.15) is 0 Å². The van der Waals surface area contributed by atoms with Crippen LogP contribution in [0.1, 0.15) is 25.5 Å². The number of allylic oxidation sites excluding steroid dienone is 1. The fourth-order valence-electron chi connectivity index (χ4n) is 2.56. The second kappa shape index (κ2) is 6.25. The number of hydrogen-bond donors (Lipinski definition) is 2. The molecule has 1 aromatic rings. The molecular formula is C15H15ClN2O4S. The Kier molecular flexibility index (Phi) is 4.32. The average Bonchev–Trinajstić information content (AvgIpc) is 2.92. The van der Waals surface area contributed by atoms with E-state index in [1.807, 2.05) is 0 Å². The lowest BCUT2D eigenvalue weighted by Gasteiger charge is -2.30. The first-order chi connectivity index (χ1) is 11.0. The Hall–Kier alpha value is -1.99. The third-order valence-corrected chi connectivity index (χ3v) is 4.11. The van der Waals surface area contributed by atoms with Gasteiger partial charge in [0.1, 0.15) is 0 Å². The molecular weight excluding hydrogens is 340 g/mol. The van der Waals surface area contributed by atoms with E-state index in [1.165, 1.54) is 0 Å². The van der Waals surface area contributed by atoms with Gasteiger partial charge in [0.2, 0.25) is 6.79 Å². The van der Waals surface area contributed by atoms with Crippen molar-refractivity contribution in [3.63, 3.8) is 0 Å². The summed E-state index contributed by atoms with van der Waals surface area (Å²) in [6.07, 6.45) is 0. The Balaban J connectivity index is 2.07. The van der Waals surface area contributed by atoms with Gasteiger partial charge in [-0.05, 0) is 32.1 Å². The maximum Gasteiger partial charge on any atom is 0.338 e. The fourth-order valence-corrected chi connectivity index (χ4v) is 3.09. The summed E-state index contributed by atoms with van der Waals surface area (Å²) < 4.78 is 15.9. The van der Waals surface area contributed by atoms with Crippen LogP contribution >= 0.6 is 23.8 Å². The number of carbonyl (C=O) groups excluding carboxylic acids is 1. The van der Waals surface area contributed by atoms with Crippen LogP contribution in [0.2, 0.25) is 5.02 Å². The first kappa shape index (κ1) is 15.9. The van der Waals surface area contributed by atoms with Gasteiger partial charge in [-0.1, -0.05) is 11.6 Å². The minimum Gasteiger partial charge on any atom is -0.463 e. The first-order valence-electron chi connectivity index (χ1n) is 7.05. The topological polar surface area (TPSA) is 68.8 Å². The predicted molar refractivity (Wildman–Crippen MR) is 88.5 cm³/mol. The van der Waals surface area contributed by atoms with Gasteiger partial charge in [-0.25, -0.2) is 4.79 Å². The van der Waals surface area contributed by atoms with Crippen LogP contribution in [0, 0.1) is 0 Å². The first-order valence-corrected chi connectivity index (χ1v) is 7.84. The zero-order valence-electron chi connectivity index (χ0n) is 12.6. The quantitative estimate of drug-likeness (QED) is 0.638. The highest BCUT2D eigenvalue weighted by Gasteiger charge is 2.33. The summed E-state index contributed by atoms with van der Waals surface area (Å²) in [4.78, 5) is 12.3. The molecule has 2 aliphatic rings. The molecule has 0 aliphatic carbocycles. The molecule has 1 aromatic carbocycles. The highest BCUT2D eigenvalue weighted by Crippen LogP contribution is 2.41. The molecule has 0 amide bonds. The molecule has 0 fully saturated rings. The van der Waals surface area contributed by atoms with Gasteiger partial charge in [0, 0.05) is 17.3 Å². The molecule has 0 aromatic heterocycles. The molecule has 0 unspecified atom stereocenters. The lowest BCUT2D eigenvalue weighted by atomic mass is 9.95. The molecule has 2 aliphatic heterocycles. The molecule has 0 spiro atoms. The summed E-state index contributed by atoms with van der Waals surface area (Å²) in [7, 11) is 0. The van der Waals surface area contributed by atoms with Crippen molar-refractivity contribution < 1.29 is 19.0 Å². The van der Waals surface area contributed by atoms with E-state index in [0.29, 0.717) is 38.5 Å². The number of esters is 1. The monoisotopic (exact) mass is 354 g/mol. The Morgan fingerprint density at radius 3 is 2.83 bits per heavy atom. The van der Waals surface area contributed by atoms with E-state index >= 15 is 0 Å². The maximum atomic E-state index is 12.3. The average molecular weight is 355 g/mol. The lowest BCUT2D eigenvalue weighted by Crippen LogP contribution is -2.45. The molecule has 0 saturated heterocycles. The molecule has 3 rings (SSSR count). The number of carbonyl (C=O) groups is 1. The smallest absolute Gasteiger partial charge is 0.338 e. The van der Waals surface area contributed by atoms with Crippen molar-refractivity contribution >= 4 is 34.9 Å². The van der Waals surface area contributed by atoms with E-state index in [-0.39, 0.29) is 13.4 Å². The van der Waals surface area contributed by atoms with E-state index in [9.17, 15) is 4.79 Å². The highest BCUT2D eigenvalue weighted by molar-refractivity contribution is 7.80. The van der Waals surface area contributed by atoms with E-state index in [4.69, 9.17) is 38.0 Å². The van der Waals surface area contributed by atoms with Gasteiger partial charge in [0.05, 0.1) is 23.2 Å². The van der Waals surface area contributed by atoms with Crippen LogP contribution in [-0.4, -0.2) is 24.5 Å². The third-order valence-electron chi connectivity index (χ3n) is 3.57. The van der Waals surface area contributed by atoms with Crippen LogP contribution in [0.5, 0.6) is 11.5 Å². The molecule has 6 nitrogen and oxygen atoms in total. The van der Waals surface area contributed by atoms with Gasteiger partial charge in [-0.15, -0.1) is 0 Å². The number of nitrogens with one attached hydrogen (secondary N) is 2. The second-order valence-electron chi connectivity index (χ2n) is 5.02. The van der Waals surface area contributed by atoms with E-state index in [2.05, 4.69) is 10.6 Å². The number of rotatable bonds is 3. The van der Waals surface area contributed by atoms with Crippen molar-refractivity contribution in [3.8, 4) is 11.5 Å². The summed E-state index contributed by atoms with van der Waals surface area (Å²) in [6, 6.07) is 2.90.